The third kappa shape index (κ3) is 2.94. The first kappa shape index (κ1) is 11.9. The fraction of sp³-hybridized carbons (Fsp3) is 0.231. The normalized spacial score (nSPS) is 10.4. The number of hydrogen-bond acceptors (Lipinski definition) is 3. The van der Waals surface area contributed by atoms with E-state index in [1.165, 1.54) is 11.1 Å². The monoisotopic (exact) mass is 247 g/mol. The molecule has 0 radical (unpaired) electrons. The van der Waals surface area contributed by atoms with Gasteiger partial charge in [0.1, 0.15) is 16.8 Å². The van der Waals surface area contributed by atoms with Gasteiger partial charge in [0, 0.05) is 11.8 Å². The van der Waals surface area contributed by atoms with Gasteiger partial charge >= 0.3 is 0 Å². The summed E-state index contributed by atoms with van der Waals surface area (Å²) >= 11 is 5.90. The standard InChI is InChI=1S/C13H14ClN3/c1-8-4-5-9(2)11(6-8)17-13-7-12(14)15-10(3)16-13/h4-7H,1-3H3,(H,15,16,17). The van der Waals surface area contributed by atoms with Crippen LogP contribution in [0, 0.1) is 20.8 Å². The molecule has 1 N–H and O–H groups in total. The minimum absolute atomic E-state index is 0.449. The Morgan fingerprint density at radius 3 is 2.53 bits per heavy atom. The number of anilines is 2. The van der Waals surface area contributed by atoms with Crippen molar-refractivity contribution in [3.05, 3.63) is 46.4 Å². The molecule has 0 unspecified atom stereocenters. The molecular formula is C13H14ClN3. The summed E-state index contributed by atoms with van der Waals surface area (Å²) in [6, 6.07) is 7.96. The zero-order valence-corrected chi connectivity index (χ0v) is 10.8. The number of benzene rings is 1. The largest absolute Gasteiger partial charge is 0.340 e. The summed E-state index contributed by atoms with van der Waals surface area (Å²) in [4.78, 5) is 8.32. The summed E-state index contributed by atoms with van der Waals surface area (Å²) in [5, 5.41) is 3.71. The maximum atomic E-state index is 5.90. The molecule has 88 valence electrons. The number of nitrogens with zero attached hydrogens (tertiary/aromatic N) is 2. The van der Waals surface area contributed by atoms with E-state index in [0.29, 0.717) is 11.0 Å². The van der Waals surface area contributed by atoms with Gasteiger partial charge in [-0.3, -0.25) is 0 Å². The summed E-state index contributed by atoms with van der Waals surface area (Å²) in [5.74, 6) is 1.38. The van der Waals surface area contributed by atoms with E-state index in [1.807, 2.05) is 6.92 Å². The topological polar surface area (TPSA) is 37.8 Å². The van der Waals surface area contributed by atoms with E-state index >= 15 is 0 Å². The first-order chi connectivity index (χ1) is 8.04. The summed E-state index contributed by atoms with van der Waals surface area (Å²) in [6.07, 6.45) is 0. The predicted octanol–water partition coefficient (Wildman–Crippen LogP) is 3.80. The van der Waals surface area contributed by atoms with Crippen molar-refractivity contribution in [2.24, 2.45) is 0 Å². The Morgan fingerprint density at radius 2 is 1.82 bits per heavy atom. The second-order valence-corrected chi connectivity index (χ2v) is 4.45. The van der Waals surface area contributed by atoms with Crippen LogP contribution in [0.4, 0.5) is 11.5 Å². The molecule has 0 atom stereocenters. The molecule has 0 aliphatic rings. The lowest BCUT2D eigenvalue weighted by Crippen LogP contribution is -1.99. The van der Waals surface area contributed by atoms with Crippen LogP contribution in [0.2, 0.25) is 5.15 Å². The molecule has 2 aromatic rings. The molecule has 0 saturated heterocycles. The highest BCUT2D eigenvalue weighted by atomic mass is 35.5. The van der Waals surface area contributed by atoms with Crippen LogP contribution in [-0.2, 0) is 0 Å². The first-order valence-corrected chi connectivity index (χ1v) is 5.78. The molecule has 17 heavy (non-hydrogen) atoms. The molecule has 0 fully saturated rings. The second-order valence-electron chi connectivity index (χ2n) is 4.07. The molecular weight excluding hydrogens is 234 g/mol. The molecule has 0 spiro atoms. The maximum absolute atomic E-state index is 5.90. The lowest BCUT2D eigenvalue weighted by Gasteiger charge is -2.10. The Balaban J connectivity index is 2.34. The maximum Gasteiger partial charge on any atom is 0.135 e. The predicted molar refractivity (Wildman–Crippen MR) is 71.0 cm³/mol. The van der Waals surface area contributed by atoms with E-state index < -0.39 is 0 Å². The molecule has 1 aromatic carbocycles. The smallest absolute Gasteiger partial charge is 0.135 e. The highest BCUT2D eigenvalue weighted by molar-refractivity contribution is 6.29. The van der Waals surface area contributed by atoms with Crippen LogP contribution in [0.1, 0.15) is 17.0 Å². The number of aryl methyl sites for hydroxylation is 3. The van der Waals surface area contributed by atoms with E-state index in [9.17, 15) is 0 Å². The molecule has 0 bridgehead atoms. The van der Waals surface area contributed by atoms with Gasteiger partial charge < -0.3 is 5.32 Å². The first-order valence-electron chi connectivity index (χ1n) is 5.40. The molecule has 0 aliphatic heterocycles. The summed E-state index contributed by atoms with van der Waals surface area (Å²) in [7, 11) is 0. The van der Waals surface area contributed by atoms with Crippen LogP contribution in [0.3, 0.4) is 0 Å². The third-order valence-corrected chi connectivity index (χ3v) is 2.66. The van der Waals surface area contributed by atoms with Crippen LogP contribution in [0.25, 0.3) is 0 Å². The van der Waals surface area contributed by atoms with Crippen molar-refractivity contribution in [1.82, 2.24) is 9.97 Å². The van der Waals surface area contributed by atoms with Crippen LogP contribution in [0.15, 0.2) is 24.3 Å². The van der Waals surface area contributed by atoms with Gasteiger partial charge in [0.05, 0.1) is 0 Å². The van der Waals surface area contributed by atoms with Crippen LogP contribution >= 0.6 is 11.6 Å². The molecule has 2 rings (SSSR count). The van der Waals surface area contributed by atoms with Gasteiger partial charge in [-0.2, -0.15) is 0 Å². The Hall–Kier alpha value is -1.61. The Labute approximate surface area is 106 Å². The number of hydrogen-bond donors (Lipinski definition) is 1. The van der Waals surface area contributed by atoms with E-state index in [0.717, 1.165) is 11.5 Å². The SMILES string of the molecule is Cc1ccc(C)c(Nc2cc(Cl)nc(C)n2)c1. The van der Waals surface area contributed by atoms with Crippen molar-refractivity contribution in [3.63, 3.8) is 0 Å². The molecule has 4 heteroatoms. The van der Waals surface area contributed by atoms with E-state index in [-0.39, 0.29) is 0 Å². The van der Waals surface area contributed by atoms with Crippen molar-refractivity contribution >= 4 is 23.1 Å². The average molecular weight is 248 g/mol. The van der Waals surface area contributed by atoms with Gasteiger partial charge in [0.15, 0.2) is 0 Å². The summed E-state index contributed by atoms with van der Waals surface area (Å²) in [6.45, 7) is 5.93. The van der Waals surface area contributed by atoms with Gasteiger partial charge in [0.25, 0.3) is 0 Å². The third-order valence-electron chi connectivity index (χ3n) is 2.46. The van der Waals surface area contributed by atoms with Gasteiger partial charge in [-0.1, -0.05) is 23.7 Å². The fourth-order valence-corrected chi connectivity index (χ4v) is 1.83. The summed E-state index contributed by atoms with van der Waals surface area (Å²) < 4.78 is 0. The number of nitrogens with one attached hydrogen (secondary N) is 1. The molecule has 0 amide bonds. The van der Waals surface area contributed by atoms with E-state index in [1.54, 1.807) is 6.07 Å². The zero-order chi connectivity index (χ0) is 12.4. The number of aromatic nitrogens is 2. The molecule has 1 heterocycles. The molecule has 1 aromatic heterocycles. The Morgan fingerprint density at radius 1 is 1.06 bits per heavy atom. The van der Waals surface area contributed by atoms with Gasteiger partial charge in [-0.15, -0.1) is 0 Å². The Bertz CT molecular complexity index is 532. The fourth-order valence-electron chi connectivity index (χ4n) is 1.60. The van der Waals surface area contributed by atoms with Gasteiger partial charge in [-0.25, -0.2) is 9.97 Å². The number of rotatable bonds is 2. The zero-order valence-electron chi connectivity index (χ0n) is 10.1. The van der Waals surface area contributed by atoms with Crippen LogP contribution in [0.5, 0.6) is 0 Å². The van der Waals surface area contributed by atoms with Crippen molar-refractivity contribution in [2.45, 2.75) is 20.8 Å². The lowest BCUT2D eigenvalue weighted by molar-refractivity contribution is 1.06. The van der Waals surface area contributed by atoms with Crippen LogP contribution < -0.4 is 5.32 Å². The molecule has 0 aliphatic carbocycles. The van der Waals surface area contributed by atoms with E-state index in [2.05, 4.69) is 47.3 Å². The lowest BCUT2D eigenvalue weighted by atomic mass is 10.1. The highest BCUT2D eigenvalue weighted by Gasteiger charge is 2.03. The van der Waals surface area contributed by atoms with Crippen molar-refractivity contribution in [1.29, 1.82) is 0 Å². The van der Waals surface area contributed by atoms with Crippen molar-refractivity contribution < 1.29 is 0 Å². The van der Waals surface area contributed by atoms with Crippen molar-refractivity contribution in [2.75, 3.05) is 5.32 Å². The minimum atomic E-state index is 0.449. The molecule has 3 nitrogen and oxygen atoms in total. The summed E-state index contributed by atoms with van der Waals surface area (Å²) in [5.41, 5.74) is 3.41. The second kappa shape index (κ2) is 4.72. The van der Waals surface area contributed by atoms with Crippen LogP contribution in [-0.4, -0.2) is 9.97 Å². The number of halogens is 1. The molecule has 0 saturated carbocycles. The van der Waals surface area contributed by atoms with Gasteiger partial charge in [-0.05, 0) is 38.0 Å². The highest BCUT2D eigenvalue weighted by Crippen LogP contribution is 2.21. The quantitative estimate of drug-likeness (QED) is 0.821. The Kier molecular flexibility index (Phi) is 3.29. The van der Waals surface area contributed by atoms with Crippen molar-refractivity contribution in [3.8, 4) is 0 Å². The van der Waals surface area contributed by atoms with E-state index in [4.69, 9.17) is 11.6 Å². The average Bonchev–Trinajstić information content (AvgIpc) is 2.22. The van der Waals surface area contributed by atoms with Gasteiger partial charge in [0.2, 0.25) is 0 Å². The minimum Gasteiger partial charge on any atom is -0.340 e.